The van der Waals surface area contributed by atoms with Crippen LogP contribution in [0.3, 0.4) is 0 Å². The van der Waals surface area contributed by atoms with Gasteiger partial charge in [0.05, 0.1) is 0 Å². The zero-order valence-corrected chi connectivity index (χ0v) is 12.6. The molecule has 0 radical (unpaired) electrons. The van der Waals surface area contributed by atoms with Crippen molar-refractivity contribution < 1.29 is 0 Å². The van der Waals surface area contributed by atoms with Gasteiger partial charge in [-0.2, -0.15) is 0 Å². The van der Waals surface area contributed by atoms with Crippen molar-refractivity contribution in [2.24, 2.45) is 0 Å². The third-order valence-electron chi connectivity index (χ3n) is 4.21. The average Bonchev–Trinajstić information content (AvgIpc) is 2.40. The van der Waals surface area contributed by atoms with Crippen LogP contribution in [0.25, 0.3) is 11.1 Å². The molecule has 0 amide bonds. The van der Waals surface area contributed by atoms with Gasteiger partial charge in [-0.05, 0) is 60.2 Å². The molecular weight excluding hydrogens is 266 g/mol. The maximum atomic E-state index is 6.24. The zero-order valence-electron chi connectivity index (χ0n) is 11.8. The fraction of sp³-hybridized carbons (Fsp3) is 0.333. The first-order chi connectivity index (χ1) is 9.78. The molecule has 0 spiro atoms. The molecule has 2 aromatic rings. The second-order valence-corrected chi connectivity index (χ2v) is 6.00. The molecule has 20 heavy (non-hydrogen) atoms. The van der Waals surface area contributed by atoms with E-state index < -0.39 is 0 Å². The number of rotatable bonds is 4. The first-order valence-electron chi connectivity index (χ1n) is 7.31. The standard InChI is InChI=1S/C18H20ClN/c1-20-12-17-11-16(8-9-18(17)19)15-7-3-6-14(10-15)13-4-2-5-13/h3,6-11,13,20H,2,4-5,12H2,1H3. The first kappa shape index (κ1) is 13.7. The van der Waals surface area contributed by atoms with Crippen molar-refractivity contribution in [3.05, 3.63) is 58.6 Å². The van der Waals surface area contributed by atoms with Crippen LogP contribution in [-0.2, 0) is 6.54 Å². The summed E-state index contributed by atoms with van der Waals surface area (Å²) >= 11 is 6.24. The van der Waals surface area contributed by atoms with Gasteiger partial charge < -0.3 is 5.32 Å². The molecule has 0 aromatic heterocycles. The van der Waals surface area contributed by atoms with E-state index in [1.165, 1.54) is 36.0 Å². The Bertz CT molecular complexity index is 602. The second kappa shape index (κ2) is 5.99. The van der Waals surface area contributed by atoms with Crippen LogP contribution in [0.2, 0.25) is 5.02 Å². The molecule has 0 bridgehead atoms. The summed E-state index contributed by atoms with van der Waals surface area (Å²) in [6, 6.07) is 15.3. The number of hydrogen-bond acceptors (Lipinski definition) is 1. The Balaban J connectivity index is 1.93. The van der Waals surface area contributed by atoms with Crippen LogP contribution in [0, 0.1) is 0 Å². The summed E-state index contributed by atoms with van der Waals surface area (Å²) in [4.78, 5) is 0. The SMILES string of the molecule is CNCc1cc(-c2cccc(C3CCC3)c2)ccc1Cl. The lowest BCUT2D eigenvalue weighted by atomic mass is 9.79. The van der Waals surface area contributed by atoms with E-state index >= 15 is 0 Å². The van der Waals surface area contributed by atoms with E-state index in [4.69, 9.17) is 11.6 Å². The Labute approximate surface area is 126 Å². The Morgan fingerprint density at radius 2 is 1.90 bits per heavy atom. The van der Waals surface area contributed by atoms with Crippen molar-refractivity contribution in [3.63, 3.8) is 0 Å². The third-order valence-corrected chi connectivity index (χ3v) is 4.58. The molecular formula is C18H20ClN. The molecule has 1 saturated carbocycles. The van der Waals surface area contributed by atoms with Crippen LogP contribution in [0.15, 0.2) is 42.5 Å². The van der Waals surface area contributed by atoms with Crippen LogP contribution in [0.4, 0.5) is 0 Å². The summed E-state index contributed by atoms with van der Waals surface area (Å²) in [5.74, 6) is 0.777. The minimum absolute atomic E-state index is 0.777. The molecule has 0 heterocycles. The highest BCUT2D eigenvalue weighted by molar-refractivity contribution is 6.31. The number of halogens is 1. The lowest BCUT2D eigenvalue weighted by Gasteiger charge is -2.26. The zero-order chi connectivity index (χ0) is 13.9. The van der Waals surface area contributed by atoms with Gasteiger partial charge in [-0.25, -0.2) is 0 Å². The minimum Gasteiger partial charge on any atom is -0.316 e. The fourth-order valence-corrected chi connectivity index (χ4v) is 2.98. The smallest absolute Gasteiger partial charge is 0.0451 e. The largest absolute Gasteiger partial charge is 0.316 e. The predicted octanol–water partition coefficient (Wildman–Crippen LogP) is 4.99. The third kappa shape index (κ3) is 2.74. The lowest BCUT2D eigenvalue weighted by Crippen LogP contribution is -2.08. The molecule has 1 fully saturated rings. The molecule has 1 aliphatic carbocycles. The van der Waals surface area contributed by atoms with Gasteiger partial charge in [-0.1, -0.05) is 48.4 Å². The Hall–Kier alpha value is -1.31. The highest BCUT2D eigenvalue weighted by Crippen LogP contribution is 2.37. The normalized spacial score (nSPS) is 15.1. The summed E-state index contributed by atoms with van der Waals surface area (Å²) in [6.45, 7) is 0.801. The van der Waals surface area contributed by atoms with E-state index in [1.54, 1.807) is 0 Å². The maximum absolute atomic E-state index is 6.24. The van der Waals surface area contributed by atoms with Gasteiger partial charge in [0.1, 0.15) is 0 Å². The molecule has 1 N–H and O–H groups in total. The van der Waals surface area contributed by atoms with E-state index in [0.29, 0.717) is 0 Å². The van der Waals surface area contributed by atoms with E-state index in [9.17, 15) is 0 Å². The van der Waals surface area contributed by atoms with Gasteiger partial charge in [0.15, 0.2) is 0 Å². The molecule has 0 atom stereocenters. The quantitative estimate of drug-likeness (QED) is 0.834. The Morgan fingerprint density at radius 3 is 2.60 bits per heavy atom. The van der Waals surface area contributed by atoms with Crippen LogP contribution >= 0.6 is 11.6 Å². The molecule has 0 unspecified atom stereocenters. The molecule has 1 aliphatic rings. The van der Waals surface area contributed by atoms with Crippen molar-refractivity contribution >= 4 is 11.6 Å². The van der Waals surface area contributed by atoms with Crippen LogP contribution < -0.4 is 5.32 Å². The van der Waals surface area contributed by atoms with Crippen LogP contribution in [-0.4, -0.2) is 7.05 Å². The summed E-state index contributed by atoms with van der Waals surface area (Å²) in [6.07, 6.45) is 4.06. The molecule has 3 rings (SSSR count). The Morgan fingerprint density at radius 1 is 1.10 bits per heavy atom. The van der Waals surface area contributed by atoms with E-state index in [-0.39, 0.29) is 0 Å². The molecule has 0 aliphatic heterocycles. The summed E-state index contributed by atoms with van der Waals surface area (Å²) in [5.41, 5.74) is 5.18. The fourth-order valence-electron chi connectivity index (χ4n) is 2.79. The van der Waals surface area contributed by atoms with Gasteiger partial charge in [-0.15, -0.1) is 0 Å². The molecule has 0 saturated heterocycles. The average molecular weight is 286 g/mol. The van der Waals surface area contributed by atoms with E-state index in [0.717, 1.165) is 23.0 Å². The van der Waals surface area contributed by atoms with Crippen molar-refractivity contribution in [2.45, 2.75) is 31.7 Å². The molecule has 1 nitrogen and oxygen atoms in total. The Kier molecular flexibility index (Phi) is 4.09. The molecule has 104 valence electrons. The highest BCUT2D eigenvalue weighted by Gasteiger charge is 2.19. The van der Waals surface area contributed by atoms with Gasteiger partial charge in [0, 0.05) is 11.6 Å². The topological polar surface area (TPSA) is 12.0 Å². The number of hydrogen-bond donors (Lipinski definition) is 1. The summed E-state index contributed by atoms with van der Waals surface area (Å²) < 4.78 is 0. The predicted molar refractivity (Wildman–Crippen MR) is 86.2 cm³/mol. The molecule has 2 aromatic carbocycles. The monoisotopic (exact) mass is 285 g/mol. The van der Waals surface area contributed by atoms with E-state index in [2.05, 4.69) is 41.7 Å². The molecule has 2 heteroatoms. The second-order valence-electron chi connectivity index (χ2n) is 5.59. The van der Waals surface area contributed by atoms with Crippen molar-refractivity contribution in [1.82, 2.24) is 5.32 Å². The van der Waals surface area contributed by atoms with Crippen LogP contribution in [0.1, 0.15) is 36.3 Å². The van der Waals surface area contributed by atoms with Crippen molar-refractivity contribution in [2.75, 3.05) is 7.05 Å². The van der Waals surface area contributed by atoms with Gasteiger partial charge >= 0.3 is 0 Å². The minimum atomic E-state index is 0.777. The highest BCUT2D eigenvalue weighted by atomic mass is 35.5. The lowest BCUT2D eigenvalue weighted by molar-refractivity contribution is 0.420. The summed E-state index contributed by atoms with van der Waals surface area (Å²) in [7, 11) is 1.94. The van der Waals surface area contributed by atoms with Crippen molar-refractivity contribution in [3.8, 4) is 11.1 Å². The van der Waals surface area contributed by atoms with Gasteiger partial charge in [0.25, 0.3) is 0 Å². The summed E-state index contributed by atoms with van der Waals surface area (Å²) in [5, 5.41) is 4.00. The maximum Gasteiger partial charge on any atom is 0.0451 e. The van der Waals surface area contributed by atoms with Gasteiger partial charge in [-0.3, -0.25) is 0 Å². The number of benzene rings is 2. The number of nitrogens with one attached hydrogen (secondary N) is 1. The van der Waals surface area contributed by atoms with Crippen molar-refractivity contribution in [1.29, 1.82) is 0 Å². The first-order valence-corrected chi connectivity index (χ1v) is 7.69. The van der Waals surface area contributed by atoms with Gasteiger partial charge in [0.2, 0.25) is 0 Å². The van der Waals surface area contributed by atoms with Crippen LogP contribution in [0.5, 0.6) is 0 Å². The van der Waals surface area contributed by atoms with E-state index in [1.807, 2.05) is 13.1 Å².